The molecule has 0 spiro atoms. The van der Waals surface area contributed by atoms with Crippen LogP contribution in [0.5, 0.6) is 11.5 Å². The Morgan fingerprint density at radius 3 is 2.40 bits per heavy atom. The molecule has 0 fully saturated rings. The Balaban J connectivity index is 2.48. The van der Waals surface area contributed by atoms with E-state index in [1.807, 2.05) is 42.5 Å². The van der Waals surface area contributed by atoms with Crippen molar-refractivity contribution in [3.63, 3.8) is 0 Å². The predicted molar refractivity (Wildman–Crippen MR) is 82.3 cm³/mol. The van der Waals surface area contributed by atoms with Crippen LogP contribution in [0.2, 0.25) is 0 Å². The third-order valence-corrected chi connectivity index (χ3v) is 3.16. The maximum absolute atomic E-state index is 5.52. The van der Waals surface area contributed by atoms with Crippen molar-refractivity contribution in [3.8, 4) is 11.5 Å². The highest BCUT2D eigenvalue weighted by atomic mass is 16.5. The first kappa shape index (κ1) is 13.9. The SMILES string of the molecule is C=COc1cc(OC)ccc1C(C=C)c1ccccc1. The van der Waals surface area contributed by atoms with Crippen molar-refractivity contribution in [2.75, 3.05) is 7.11 Å². The van der Waals surface area contributed by atoms with Crippen LogP contribution in [-0.2, 0) is 0 Å². The molecule has 0 saturated heterocycles. The van der Waals surface area contributed by atoms with Crippen LogP contribution in [0.4, 0.5) is 0 Å². The molecule has 1 atom stereocenters. The summed E-state index contributed by atoms with van der Waals surface area (Å²) in [6.45, 7) is 7.57. The second-order valence-corrected chi connectivity index (χ2v) is 4.31. The van der Waals surface area contributed by atoms with Crippen LogP contribution in [0, 0.1) is 0 Å². The van der Waals surface area contributed by atoms with E-state index in [0.29, 0.717) is 0 Å². The molecule has 0 aliphatic carbocycles. The van der Waals surface area contributed by atoms with Gasteiger partial charge in [0.1, 0.15) is 11.5 Å². The lowest BCUT2D eigenvalue weighted by molar-refractivity contribution is 0.408. The third-order valence-electron chi connectivity index (χ3n) is 3.16. The molecule has 2 rings (SSSR count). The van der Waals surface area contributed by atoms with Crippen molar-refractivity contribution < 1.29 is 9.47 Å². The number of allylic oxidation sites excluding steroid dienone is 1. The molecule has 0 aliphatic heterocycles. The van der Waals surface area contributed by atoms with Gasteiger partial charge in [-0.3, -0.25) is 0 Å². The van der Waals surface area contributed by atoms with E-state index in [-0.39, 0.29) is 5.92 Å². The van der Waals surface area contributed by atoms with Crippen LogP contribution >= 0.6 is 0 Å². The summed E-state index contributed by atoms with van der Waals surface area (Å²) in [6, 6.07) is 16.0. The van der Waals surface area contributed by atoms with Crippen LogP contribution in [0.3, 0.4) is 0 Å². The highest BCUT2D eigenvalue weighted by Crippen LogP contribution is 2.35. The molecule has 2 aromatic rings. The topological polar surface area (TPSA) is 18.5 Å². The number of hydrogen-bond donors (Lipinski definition) is 0. The molecule has 0 radical (unpaired) electrons. The van der Waals surface area contributed by atoms with Gasteiger partial charge in [0.2, 0.25) is 0 Å². The van der Waals surface area contributed by atoms with Crippen molar-refractivity contribution in [1.82, 2.24) is 0 Å². The lowest BCUT2D eigenvalue weighted by atomic mass is 9.90. The Labute approximate surface area is 120 Å². The van der Waals surface area contributed by atoms with Gasteiger partial charge in [-0.15, -0.1) is 6.58 Å². The first-order valence-electron chi connectivity index (χ1n) is 6.43. The second kappa shape index (κ2) is 6.62. The van der Waals surface area contributed by atoms with Crippen molar-refractivity contribution in [3.05, 3.63) is 85.2 Å². The Morgan fingerprint density at radius 2 is 1.80 bits per heavy atom. The van der Waals surface area contributed by atoms with E-state index in [4.69, 9.17) is 9.47 Å². The minimum Gasteiger partial charge on any atom is -0.497 e. The average molecular weight is 266 g/mol. The van der Waals surface area contributed by atoms with Gasteiger partial charge in [0.25, 0.3) is 0 Å². The summed E-state index contributed by atoms with van der Waals surface area (Å²) in [6.07, 6.45) is 3.33. The molecular weight excluding hydrogens is 248 g/mol. The molecule has 0 bridgehead atoms. The van der Waals surface area contributed by atoms with Gasteiger partial charge >= 0.3 is 0 Å². The fraction of sp³-hybridized carbons (Fsp3) is 0.111. The van der Waals surface area contributed by atoms with Gasteiger partial charge < -0.3 is 9.47 Å². The molecule has 0 saturated carbocycles. The summed E-state index contributed by atoms with van der Waals surface area (Å²) in [4.78, 5) is 0. The molecule has 1 unspecified atom stereocenters. The highest BCUT2D eigenvalue weighted by molar-refractivity contribution is 5.48. The summed E-state index contributed by atoms with van der Waals surface area (Å²) in [5.41, 5.74) is 2.20. The summed E-state index contributed by atoms with van der Waals surface area (Å²) < 4.78 is 10.8. The molecular formula is C18H18O2. The number of methoxy groups -OCH3 is 1. The van der Waals surface area contributed by atoms with Crippen LogP contribution in [-0.4, -0.2) is 7.11 Å². The lowest BCUT2D eigenvalue weighted by Gasteiger charge is -2.17. The van der Waals surface area contributed by atoms with Crippen molar-refractivity contribution in [2.45, 2.75) is 5.92 Å². The Hall–Kier alpha value is -2.48. The summed E-state index contributed by atoms with van der Waals surface area (Å²) in [7, 11) is 1.63. The fourth-order valence-electron chi connectivity index (χ4n) is 2.19. The molecule has 0 heterocycles. The van der Waals surface area contributed by atoms with Crippen molar-refractivity contribution in [2.24, 2.45) is 0 Å². The van der Waals surface area contributed by atoms with Crippen molar-refractivity contribution in [1.29, 1.82) is 0 Å². The van der Waals surface area contributed by atoms with Gasteiger partial charge in [0.15, 0.2) is 0 Å². The van der Waals surface area contributed by atoms with E-state index >= 15 is 0 Å². The first-order valence-corrected chi connectivity index (χ1v) is 6.43. The van der Waals surface area contributed by atoms with Crippen LogP contribution in [0.25, 0.3) is 0 Å². The Kier molecular flexibility index (Phi) is 4.61. The van der Waals surface area contributed by atoms with E-state index in [1.165, 1.54) is 11.8 Å². The Morgan fingerprint density at radius 1 is 1.05 bits per heavy atom. The average Bonchev–Trinajstić information content (AvgIpc) is 2.50. The van der Waals surface area contributed by atoms with Gasteiger partial charge in [0, 0.05) is 17.5 Å². The van der Waals surface area contributed by atoms with Gasteiger partial charge in [-0.1, -0.05) is 49.1 Å². The third kappa shape index (κ3) is 2.91. The molecule has 2 aromatic carbocycles. The van der Waals surface area contributed by atoms with E-state index < -0.39 is 0 Å². The van der Waals surface area contributed by atoms with Gasteiger partial charge in [0.05, 0.1) is 13.4 Å². The Bertz CT molecular complexity index is 588. The largest absolute Gasteiger partial charge is 0.497 e. The van der Waals surface area contributed by atoms with E-state index in [0.717, 1.165) is 17.1 Å². The van der Waals surface area contributed by atoms with Crippen LogP contribution < -0.4 is 9.47 Å². The molecule has 102 valence electrons. The van der Waals surface area contributed by atoms with Crippen molar-refractivity contribution >= 4 is 0 Å². The molecule has 2 nitrogen and oxygen atoms in total. The number of ether oxygens (including phenoxy) is 2. The standard InChI is InChI=1S/C18H18O2/c1-4-16(14-9-7-6-8-10-14)17-12-11-15(19-3)13-18(17)20-5-2/h4-13,16H,1-2H2,3H3. The predicted octanol–water partition coefficient (Wildman–Crippen LogP) is 4.54. The quantitative estimate of drug-likeness (QED) is 0.564. The minimum absolute atomic E-state index is 0.0667. The van der Waals surface area contributed by atoms with E-state index in [1.54, 1.807) is 7.11 Å². The van der Waals surface area contributed by atoms with E-state index in [9.17, 15) is 0 Å². The van der Waals surface area contributed by atoms with Gasteiger partial charge in [-0.05, 0) is 11.6 Å². The zero-order valence-electron chi connectivity index (χ0n) is 11.6. The molecule has 0 N–H and O–H groups in total. The maximum Gasteiger partial charge on any atom is 0.134 e. The fourth-order valence-corrected chi connectivity index (χ4v) is 2.19. The molecule has 0 aromatic heterocycles. The summed E-state index contributed by atoms with van der Waals surface area (Å²) in [5, 5.41) is 0. The molecule has 0 amide bonds. The number of hydrogen-bond acceptors (Lipinski definition) is 2. The number of benzene rings is 2. The maximum atomic E-state index is 5.52. The zero-order chi connectivity index (χ0) is 14.4. The monoisotopic (exact) mass is 266 g/mol. The summed E-state index contributed by atoms with van der Waals surface area (Å²) in [5.74, 6) is 1.55. The minimum atomic E-state index is 0.0667. The van der Waals surface area contributed by atoms with Crippen LogP contribution in [0.15, 0.2) is 74.0 Å². The normalized spacial score (nSPS) is 11.4. The highest BCUT2D eigenvalue weighted by Gasteiger charge is 2.16. The number of rotatable bonds is 6. The molecule has 0 aliphatic rings. The molecule has 2 heteroatoms. The summed E-state index contributed by atoms with van der Waals surface area (Å²) >= 11 is 0. The van der Waals surface area contributed by atoms with E-state index in [2.05, 4.69) is 25.3 Å². The molecule has 20 heavy (non-hydrogen) atoms. The first-order chi connectivity index (χ1) is 9.80. The van der Waals surface area contributed by atoms with Gasteiger partial charge in [-0.2, -0.15) is 0 Å². The zero-order valence-corrected chi connectivity index (χ0v) is 11.6. The smallest absolute Gasteiger partial charge is 0.134 e. The lowest BCUT2D eigenvalue weighted by Crippen LogP contribution is -2.00. The van der Waals surface area contributed by atoms with Crippen LogP contribution in [0.1, 0.15) is 17.0 Å². The second-order valence-electron chi connectivity index (χ2n) is 4.31. The van der Waals surface area contributed by atoms with Gasteiger partial charge in [-0.25, -0.2) is 0 Å².